The Hall–Kier alpha value is -0.670. The summed E-state index contributed by atoms with van der Waals surface area (Å²) in [6.07, 6.45) is 0.594. The van der Waals surface area contributed by atoms with Gasteiger partial charge in [0.1, 0.15) is 0 Å². The minimum Gasteiger partial charge on any atom is -0.303 e. The highest BCUT2D eigenvalue weighted by molar-refractivity contribution is 9.10. The molecule has 0 N–H and O–H groups in total. The molecule has 0 radical (unpaired) electrons. The van der Waals surface area contributed by atoms with E-state index in [1.54, 1.807) is 0 Å². The molecule has 1 aromatic carbocycles. The standard InChI is InChI=1S/C15H22BrNO/c1-4-17(11-12(2)3)9-8-15(18)13-6-5-7-14(16)10-13/h5-7,10,12H,4,8-9,11H2,1-3H3. The van der Waals surface area contributed by atoms with Crippen LogP contribution in [0.2, 0.25) is 0 Å². The number of Topliss-reactive ketones (excluding diaryl/α,β-unsaturated/α-hetero) is 1. The van der Waals surface area contributed by atoms with Crippen LogP contribution in [0.15, 0.2) is 28.7 Å². The van der Waals surface area contributed by atoms with Crippen molar-refractivity contribution in [3.63, 3.8) is 0 Å². The van der Waals surface area contributed by atoms with E-state index >= 15 is 0 Å². The van der Waals surface area contributed by atoms with E-state index in [0.717, 1.165) is 29.7 Å². The second-order valence-corrected chi connectivity index (χ2v) is 5.89. The average Bonchev–Trinajstić information content (AvgIpc) is 2.33. The lowest BCUT2D eigenvalue weighted by molar-refractivity contribution is 0.0962. The van der Waals surface area contributed by atoms with Crippen molar-refractivity contribution in [2.24, 2.45) is 5.92 Å². The molecular formula is C15H22BrNO. The molecule has 3 heteroatoms. The minimum absolute atomic E-state index is 0.221. The SMILES string of the molecule is CCN(CCC(=O)c1cccc(Br)c1)CC(C)C. The number of benzene rings is 1. The summed E-state index contributed by atoms with van der Waals surface area (Å²) in [6.45, 7) is 9.47. The van der Waals surface area contributed by atoms with Gasteiger partial charge in [0.25, 0.3) is 0 Å². The van der Waals surface area contributed by atoms with Gasteiger partial charge in [0.2, 0.25) is 0 Å². The summed E-state index contributed by atoms with van der Waals surface area (Å²) in [7, 11) is 0. The fraction of sp³-hybridized carbons (Fsp3) is 0.533. The summed E-state index contributed by atoms with van der Waals surface area (Å²) in [5.74, 6) is 0.865. The molecule has 2 nitrogen and oxygen atoms in total. The molecule has 0 amide bonds. The van der Waals surface area contributed by atoms with Crippen molar-refractivity contribution in [1.82, 2.24) is 4.90 Å². The largest absolute Gasteiger partial charge is 0.303 e. The Morgan fingerprint density at radius 1 is 1.39 bits per heavy atom. The average molecular weight is 312 g/mol. The molecule has 0 aliphatic carbocycles. The van der Waals surface area contributed by atoms with Crippen LogP contribution < -0.4 is 0 Å². The lowest BCUT2D eigenvalue weighted by Crippen LogP contribution is -2.29. The van der Waals surface area contributed by atoms with Crippen molar-refractivity contribution in [2.75, 3.05) is 19.6 Å². The molecular weight excluding hydrogens is 290 g/mol. The molecule has 0 aliphatic heterocycles. The van der Waals surface area contributed by atoms with Crippen LogP contribution in [-0.2, 0) is 0 Å². The fourth-order valence-electron chi connectivity index (χ4n) is 1.96. The number of carbonyl (C=O) groups is 1. The fourth-order valence-corrected chi connectivity index (χ4v) is 2.36. The Labute approximate surface area is 119 Å². The molecule has 1 rings (SSSR count). The number of ketones is 1. The number of nitrogens with zero attached hydrogens (tertiary/aromatic N) is 1. The summed E-state index contributed by atoms with van der Waals surface area (Å²) in [5, 5.41) is 0. The maximum Gasteiger partial charge on any atom is 0.164 e. The second kappa shape index (κ2) is 7.70. The van der Waals surface area contributed by atoms with E-state index in [9.17, 15) is 4.79 Å². The van der Waals surface area contributed by atoms with Crippen molar-refractivity contribution in [3.8, 4) is 0 Å². The monoisotopic (exact) mass is 311 g/mol. The molecule has 0 fully saturated rings. The molecule has 100 valence electrons. The smallest absolute Gasteiger partial charge is 0.164 e. The molecule has 0 saturated carbocycles. The second-order valence-electron chi connectivity index (χ2n) is 4.97. The van der Waals surface area contributed by atoms with E-state index in [2.05, 4.69) is 41.6 Å². The summed E-state index contributed by atoms with van der Waals surface area (Å²) in [6, 6.07) is 7.61. The van der Waals surface area contributed by atoms with E-state index in [1.807, 2.05) is 24.3 Å². The van der Waals surface area contributed by atoms with E-state index in [-0.39, 0.29) is 5.78 Å². The number of hydrogen-bond acceptors (Lipinski definition) is 2. The number of rotatable bonds is 7. The Bertz CT molecular complexity index is 390. The highest BCUT2D eigenvalue weighted by Crippen LogP contribution is 2.13. The van der Waals surface area contributed by atoms with Crippen LogP contribution in [0.1, 0.15) is 37.6 Å². The van der Waals surface area contributed by atoms with Crippen molar-refractivity contribution in [3.05, 3.63) is 34.3 Å². The lowest BCUT2D eigenvalue weighted by atomic mass is 10.1. The molecule has 0 unspecified atom stereocenters. The van der Waals surface area contributed by atoms with E-state index in [4.69, 9.17) is 0 Å². The van der Waals surface area contributed by atoms with Crippen LogP contribution in [0.3, 0.4) is 0 Å². The highest BCUT2D eigenvalue weighted by Gasteiger charge is 2.10. The first-order chi connectivity index (χ1) is 8.52. The number of halogens is 1. The zero-order chi connectivity index (χ0) is 13.5. The van der Waals surface area contributed by atoms with Gasteiger partial charge in [-0.15, -0.1) is 0 Å². The Balaban J connectivity index is 2.50. The van der Waals surface area contributed by atoms with E-state index < -0.39 is 0 Å². The summed E-state index contributed by atoms with van der Waals surface area (Å²) in [4.78, 5) is 14.4. The predicted molar refractivity (Wildman–Crippen MR) is 80.0 cm³/mol. The van der Waals surface area contributed by atoms with Gasteiger partial charge in [-0.3, -0.25) is 4.79 Å². The summed E-state index contributed by atoms with van der Waals surface area (Å²) < 4.78 is 0.961. The third-order valence-electron chi connectivity index (χ3n) is 2.87. The summed E-state index contributed by atoms with van der Waals surface area (Å²) >= 11 is 3.39. The zero-order valence-corrected chi connectivity index (χ0v) is 13.0. The first-order valence-electron chi connectivity index (χ1n) is 6.54. The maximum absolute atomic E-state index is 12.1. The first kappa shape index (κ1) is 15.4. The minimum atomic E-state index is 0.221. The Kier molecular flexibility index (Phi) is 6.58. The van der Waals surface area contributed by atoms with Crippen molar-refractivity contribution >= 4 is 21.7 Å². The van der Waals surface area contributed by atoms with Crippen molar-refractivity contribution in [1.29, 1.82) is 0 Å². The van der Waals surface area contributed by atoms with Crippen molar-refractivity contribution in [2.45, 2.75) is 27.2 Å². The Morgan fingerprint density at radius 3 is 2.67 bits per heavy atom. The third kappa shape index (κ3) is 5.32. The zero-order valence-electron chi connectivity index (χ0n) is 11.4. The molecule has 0 heterocycles. The van der Waals surface area contributed by atoms with Crippen LogP contribution in [0.25, 0.3) is 0 Å². The van der Waals surface area contributed by atoms with Gasteiger partial charge >= 0.3 is 0 Å². The molecule has 0 aromatic heterocycles. The summed E-state index contributed by atoms with van der Waals surface area (Å²) in [5.41, 5.74) is 0.796. The van der Waals surface area contributed by atoms with Gasteiger partial charge in [-0.1, -0.05) is 48.8 Å². The molecule has 0 aliphatic rings. The number of carbonyl (C=O) groups excluding carboxylic acids is 1. The molecule has 0 atom stereocenters. The van der Waals surface area contributed by atoms with Gasteiger partial charge in [0, 0.05) is 29.5 Å². The van der Waals surface area contributed by atoms with Gasteiger partial charge in [0.05, 0.1) is 0 Å². The van der Waals surface area contributed by atoms with Gasteiger partial charge < -0.3 is 4.90 Å². The predicted octanol–water partition coefficient (Wildman–Crippen LogP) is 4.00. The van der Waals surface area contributed by atoms with Crippen LogP contribution in [0.4, 0.5) is 0 Å². The molecule has 0 bridgehead atoms. The van der Waals surface area contributed by atoms with Gasteiger partial charge in [-0.25, -0.2) is 0 Å². The van der Waals surface area contributed by atoms with Gasteiger partial charge in [0.15, 0.2) is 5.78 Å². The van der Waals surface area contributed by atoms with Crippen LogP contribution in [-0.4, -0.2) is 30.3 Å². The van der Waals surface area contributed by atoms with Gasteiger partial charge in [-0.2, -0.15) is 0 Å². The topological polar surface area (TPSA) is 20.3 Å². The van der Waals surface area contributed by atoms with E-state index in [0.29, 0.717) is 12.3 Å². The van der Waals surface area contributed by atoms with Crippen LogP contribution in [0.5, 0.6) is 0 Å². The van der Waals surface area contributed by atoms with Gasteiger partial charge in [-0.05, 0) is 24.6 Å². The Morgan fingerprint density at radius 2 is 2.11 bits per heavy atom. The third-order valence-corrected chi connectivity index (χ3v) is 3.37. The molecule has 0 spiro atoms. The highest BCUT2D eigenvalue weighted by atomic mass is 79.9. The quantitative estimate of drug-likeness (QED) is 0.709. The molecule has 0 saturated heterocycles. The molecule has 1 aromatic rings. The lowest BCUT2D eigenvalue weighted by Gasteiger charge is -2.21. The van der Waals surface area contributed by atoms with Crippen molar-refractivity contribution < 1.29 is 4.79 Å². The molecule has 18 heavy (non-hydrogen) atoms. The number of hydrogen-bond donors (Lipinski definition) is 0. The van der Waals surface area contributed by atoms with Crippen LogP contribution in [0, 0.1) is 5.92 Å². The van der Waals surface area contributed by atoms with E-state index in [1.165, 1.54) is 0 Å². The normalized spacial score (nSPS) is 11.2. The maximum atomic E-state index is 12.1. The van der Waals surface area contributed by atoms with Crippen LogP contribution >= 0.6 is 15.9 Å². The first-order valence-corrected chi connectivity index (χ1v) is 7.33.